The van der Waals surface area contributed by atoms with Crippen LogP contribution in [0.4, 0.5) is 0 Å². The summed E-state index contributed by atoms with van der Waals surface area (Å²) in [4.78, 5) is 10.1. The smallest absolute Gasteiger partial charge is 0.159 e. The zero-order valence-corrected chi connectivity index (χ0v) is 31.9. The van der Waals surface area contributed by atoms with E-state index in [4.69, 9.17) is 4.99 Å². The second kappa shape index (κ2) is 13.7. The molecule has 58 heavy (non-hydrogen) atoms. The zero-order chi connectivity index (χ0) is 38.6. The normalized spacial score (nSPS) is 13.8. The predicted molar refractivity (Wildman–Crippen MR) is 244 cm³/mol. The van der Waals surface area contributed by atoms with Crippen molar-refractivity contribution in [3.8, 4) is 33.4 Å². The third-order valence-corrected chi connectivity index (χ3v) is 12.3. The Morgan fingerprint density at radius 2 is 1.00 bits per heavy atom. The van der Waals surface area contributed by atoms with Crippen LogP contribution in [0.1, 0.15) is 33.4 Å². The number of amidine groups is 1. The van der Waals surface area contributed by atoms with E-state index in [1.54, 1.807) is 0 Å². The number of nitrogens with zero attached hydrogens (tertiary/aromatic N) is 2. The molecule has 0 fully saturated rings. The highest BCUT2D eigenvalue weighted by molar-refractivity contribution is 6.06. The Labute approximate surface area is 338 Å². The molecule has 272 valence electrons. The molecular weight excluding hydrogens is 701 g/mol. The van der Waals surface area contributed by atoms with Gasteiger partial charge < -0.3 is 0 Å². The SMILES string of the molecule is C=NC(=NC1=C(Cc2cccc3ccccc23)C2(c3cc(-c4ccc(-c5ccc6ccccc6c5)cc4)ccc31)c1ccccc1-c1ccccc12)c1ccccc1. The maximum Gasteiger partial charge on any atom is 0.159 e. The number of hydrogen-bond donors (Lipinski definition) is 0. The topological polar surface area (TPSA) is 24.7 Å². The van der Waals surface area contributed by atoms with Crippen molar-refractivity contribution in [2.75, 3.05) is 0 Å². The Morgan fingerprint density at radius 3 is 1.72 bits per heavy atom. The summed E-state index contributed by atoms with van der Waals surface area (Å²) in [5.41, 5.74) is 16.0. The first-order valence-corrected chi connectivity index (χ1v) is 20.0. The van der Waals surface area contributed by atoms with Crippen molar-refractivity contribution in [3.63, 3.8) is 0 Å². The molecule has 0 aliphatic heterocycles. The number of rotatable bonds is 6. The molecule has 11 rings (SSSR count). The summed E-state index contributed by atoms with van der Waals surface area (Å²) in [6.45, 7) is 4.04. The molecule has 0 N–H and O–H groups in total. The average molecular weight is 739 g/mol. The van der Waals surface area contributed by atoms with Gasteiger partial charge in [0.1, 0.15) is 0 Å². The predicted octanol–water partition coefficient (Wildman–Crippen LogP) is 13.8. The second-order valence-corrected chi connectivity index (χ2v) is 15.3. The lowest BCUT2D eigenvalue weighted by Crippen LogP contribution is -2.28. The van der Waals surface area contributed by atoms with Crippen LogP contribution >= 0.6 is 0 Å². The fourth-order valence-corrected chi connectivity index (χ4v) is 9.68. The van der Waals surface area contributed by atoms with E-state index >= 15 is 0 Å². The lowest BCUT2D eigenvalue weighted by atomic mass is 9.68. The minimum Gasteiger partial charge on any atom is -0.245 e. The van der Waals surface area contributed by atoms with Crippen LogP contribution in [-0.4, -0.2) is 12.6 Å². The van der Waals surface area contributed by atoms with Gasteiger partial charge in [0, 0.05) is 11.1 Å². The first-order valence-electron chi connectivity index (χ1n) is 20.0. The fraction of sp³-hybridized carbons (Fsp3) is 0.0357. The summed E-state index contributed by atoms with van der Waals surface area (Å²) >= 11 is 0. The van der Waals surface area contributed by atoms with Crippen LogP contribution in [0.3, 0.4) is 0 Å². The average Bonchev–Trinajstić information content (AvgIpc) is 3.74. The molecule has 9 aromatic rings. The molecule has 1 spiro atoms. The van der Waals surface area contributed by atoms with Gasteiger partial charge in [0.2, 0.25) is 0 Å². The van der Waals surface area contributed by atoms with Crippen LogP contribution < -0.4 is 0 Å². The molecule has 0 amide bonds. The van der Waals surface area contributed by atoms with E-state index in [0.29, 0.717) is 12.3 Å². The van der Waals surface area contributed by atoms with Crippen molar-refractivity contribution >= 4 is 39.8 Å². The van der Waals surface area contributed by atoms with Gasteiger partial charge in [0.05, 0.1) is 11.1 Å². The highest BCUT2D eigenvalue weighted by Crippen LogP contribution is 2.63. The maximum atomic E-state index is 5.56. The minimum absolute atomic E-state index is 0.595. The highest BCUT2D eigenvalue weighted by atomic mass is 14.9. The van der Waals surface area contributed by atoms with Crippen LogP contribution in [0.5, 0.6) is 0 Å². The van der Waals surface area contributed by atoms with Gasteiger partial charge in [0.25, 0.3) is 0 Å². The monoisotopic (exact) mass is 738 g/mol. The molecule has 0 saturated carbocycles. The van der Waals surface area contributed by atoms with Crippen LogP contribution in [0.15, 0.2) is 222 Å². The lowest BCUT2D eigenvalue weighted by Gasteiger charge is -2.33. The summed E-state index contributed by atoms with van der Waals surface area (Å²) < 4.78 is 0. The molecule has 2 aliphatic carbocycles. The Hall–Kier alpha value is -7.42. The second-order valence-electron chi connectivity index (χ2n) is 15.3. The Balaban J connectivity index is 1.16. The molecule has 2 nitrogen and oxygen atoms in total. The summed E-state index contributed by atoms with van der Waals surface area (Å²) in [5, 5.41) is 4.98. The molecule has 0 atom stereocenters. The van der Waals surface area contributed by atoms with E-state index in [-0.39, 0.29) is 0 Å². The molecule has 0 aromatic heterocycles. The van der Waals surface area contributed by atoms with E-state index in [1.807, 2.05) is 18.2 Å². The first-order chi connectivity index (χ1) is 28.7. The van der Waals surface area contributed by atoms with Crippen LogP contribution in [-0.2, 0) is 11.8 Å². The summed E-state index contributed by atoms with van der Waals surface area (Å²) in [5.74, 6) is 0.613. The van der Waals surface area contributed by atoms with E-state index < -0.39 is 5.41 Å². The van der Waals surface area contributed by atoms with Gasteiger partial charge in [-0.1, -0.05) is 194 Å². The number of fused-ring (bicyclic) bond motifs is 9. The molecule has 0 unspecified atom stereocenters. The third-order valence-electron chi connectivity index (χ3n) is 12.3. The van der Waals surface area contributed by atoms with Gasteiger partial charge in [-0.2, -0.15) is 0 Å². The quantitative estimate of drug-likeness (QED) is 0.120. The molecule has 0 heterocycles. The van der Waals surface area contributed by atoms with E-state index in [0.717, 1.165) is 16.8 Å². The van der Waals surface area contributed by atoms with Gasteiger partial charge in [-0.3, -0.25) is 0 Å². The third kappa shape index (κ3) is 5.26. The summed E-state index contributed by atoms with van der Waals surface area (Å²) in [7, 11) is 0. The number of aliphatic imine (C=N–C) groups is 2. The molecular formula is C56H38N2. The van der Waals surface area contributed by atoms with Crippen molar-refractivity contribution in [2.45, 2.75) is 11.8 Å². The maximum absolute atomic E-state index is 5.56. The minimum atomic E-state index is -0.595. The van der Waals surface area contributed by atoms with Crippen LogP contribution in [0.25, 0.3) is 60.6 Å². The lowest BCUT2D eigenvalue weighted by molar-refractivity contribution is 0.741. The van der Waals surface area contributed by atoms with Gasteiger partial charge in [-0.05, 0) is 108 Å². The van der Waals surface area contributed by atoms with Crippen molar-refractivity contribution in [3.05, 3.63) is 245 Å². The summed E-state index contributed by atoms with van der Waals surface area (Å²) in [6.07, 6.45) is 0.701. The van der Waals surface area contributed by atoms with E-state index in [1.165, 1.54) is 82.8 Å². The number of benzene rings is 9. The van der Waals surface area contributed by atoms with Crippen LogP contribution in [0.2, 0.25) is 0 Å². The van der Waals surface area contributed by atoms with Crippen molar-refractivity contribution in [2.24, 2.45) is 9.98 Å². The number of hydrogen-bond acceptors (Lipinski definition) is 1. The van der Waals surface area contributed by atoms with E-state index in [9.17, 15) is 0 Å². The Bertz CT molecular complexity index is 3100. The van der Waals surface area contributed by atoms with Gasteiger partial charge in [0.15, 0.2) is 5.84 Å². The Kier molecular flexibility index (Phi) is 7.97. The summed E-state index contributed by atoms with van der Waals surface area (Å²) in [6, 6.07) is 74.9. The number of allylic oxidation sites excluding steroid dienone is 1. The molecule has 9 aromatic carbocycles. The van der Waals surface area contributed by atoms with Crippen molar-refractivity contribution < 1.29 is 0 Å². The Morgan fingerprint density at radius 1 is 0.431 bits per heavy atom. The molecule has 0 saturated heterocycles. The molecule has 0 bridgehead atoms. The highest BCUT2D eigenvalue weighted by Gasteiger charge is 2.53. The zero-order valence-electron chi connectivity index (χ0n) is 31.9. The molecule has 0 radical (unpaired) electrons. The molecule has 2 heteroatoms. The van der Waals surface area contributed by atoms with Crippen molar-refractivity contribution in [1.82, 2.24) is 0 Å². The largest absolute Gasteiger partial charge is 0.245 e. The molecule has 2 aliphatic rings. The van der Waals surface area contributed by atoms with Gasteiger partial charge in [-0.15, -0.1) is 0 Å². The van der Waals surface area contributed by atoms with Crippen molar-refractivity contribution in [1.29, 1.82) is 0 Å². The first kappa shape index (κ1) is 33.9. The fourth-order valence-electron chi connectivity index (χ4n) is 9.68. The van der Waals surface area contributed by atoms with E-state index in [2.05, 4.69) is 200 Å². The van der Waals surface area contributed by atoms with Gasteiger partial charge in [-0.25, -0.2) is 9.98 Å². The van der Waals surface area contributed by atoms with Gasteiger partial charge >= 0.3 is 0 Å². The standard InChI is InChI=1S/C56H38N2/c1-57-55(41-16-3-2-4-17-41)58-54-49-33-32-44(39-28-26-38(27-29-39)43-31-30-37-14-5-6-18-42(37)34-43)35-52(49)56(50-24-11-9-22-47(50)48-23-10-12-25-51(48)56)53(54)36-45-20-13-19-40-15-7-8-21-46(40)45/h2-35H,1,36H2. The van der Waals surface area contributed by atoms with Crippen LogP contribution in [0, 0.1) is 0 Å².